The van der Waals surface area contributed by atoms with E-state index in [1.54, 1.807) is 12.4 Å². The largest absolute Gasteiger partial charge is 0.331 e. The number of carbonyl (C=O) groups excluding carboxylic acids is 1. The Kier molecular flexibility index (Phi) is 5.34. The summed E-state index contributed by atoms with van der Waals surface area (Å²) in [5, 5.41) is 2.73. The van der Waals surface area contributed by atoms with Crippen LogP contribution in [0.2, 0.25) is 0 Å². The van der Waals surface area contributed by atoms with E-state index in [0.29, 0.717) is 24.8 Å². The molecule has 0 radical (unpaired) electrons. The van der Waals surface area contributed by atoms with Crippen LogP contribution in [-0.4, -0.2) is 22.4 Å². The molecule has 1 unspecified atom stereocenters. The van der Waals surface area contributed by atoms with Gasteiger partial charge in [0.05, 0.1) is 0 Å². The predicted octanol–water partition coefficient (Wildman–Crippen LogP) is 2.14. The molecular weight excluding hydrogens is 228 g/mol. The summed E-state index contributed by atoms with van der Waals surface area (Å²) in [4.78, 5) is 18.6. The highest BCUT2D eigenvalue weighted by Crippen LogP contribution is 2.32. The number of carbonyl (C=O) groups is 1. The lowest BCUT2D eigenvalue weighted by Crippen LogP contribution is -2.25. The Bertz CT molecular complexity index is 354. The third-order valence-corrected chi connectivity index (χ3v) is 3.22. The van der Waals surface area contributed by atoms with Crippen molar-refractivity contribution in [3.05, 3.63) is 12.4 Å². The lowest BCUT2D eigenvalue weighted by molar-refractivity contribution is -0.116. The molecule has 0 spiro atoms. The van der Waals surface area contributed by atoms with E-state index in [1.165, 1.54) is 0 Å². The molecule has 0 saturated carbocycles. The Labute approximate surface area is 109 Å². The number of nitrogens with zero attached hydrogens (tertiary/aromatic N) is 1. The standard InChI is InChI=1S/C13H24N4O/c1-13(2,3)10(6-7-14)4-5-11(18)17-12-15-8-9-16-12/h8-10H,4-7,14H2,1-3H3,(H2,15,16,17,18). The highest BCUT2D eigenvalue weighted by Gasteiger charge is 2.24. The quantitative estimate of drug-likeness (QED) is 0.725. The van der Waals surface area contributed by atoms with E-state index in [1.807, 2.05) is 0 Å². The normalized spacial score (nSPS) is 13.3. The zero-order valence-electron chi connectivity index (χ0n) is 11.5. The number of aromatic nitrogens is 2. The Morgan fingerprint density at radius 2 is 2.22 bits per heavy atom. The second-order valence-electron chi connectivity index (χ2n) is 5.66. The van der Waals surface area contributed by atoms with E-state index >= 15 is 0 Å². The molecule has 1 heterocycles. The van der Waals surface area contributed by atoms with Crippen LogP contribution in [0.1, 0.15) is 40.0 Å². The molecule has 0 aromatic carbocycles. The fraction of sp³-hybridized carbons (Fsp3) is 0.692. The molecule has 0 fully saturated rings. The summed E-state index contributed by atoms with van der Waals surface area (Å²) in [5.41, 5.74) is 5.81. The van der Waals surface area contributed by atoms with E-state index in [4.69, 9.17) is 5.73 Å². The fourth-order valence-electron chi connectivity index (χ4n) is 2.05. The summed E-state index contributed by atoms with van der Waals surface area (Å²) >= 11 is 0. The van der Waals surface area contributed by atoms with Crippen LogP contribution in [0.3, 0.4) is 0 Å². The van der Waals surface area contributed by atoms with Crippen LogP contribution >= 0.6 is 0 Å². The first-order valence-corrected chi connectivity index (χ1v) is 6.42. The SMILES string of the molecule is CC(C)(C)C(CCN)CCC(=O)Nc1ncc[nH]1. The van der Waals surface area contributed by atoms with Gasteiger partial charge in [0, 0.05) is 18.8 Å². The number of hydrogen-bond acceptors (Lipinski definition) is 3. The van der Waals surface area contributed by atoms with E-state index in [2.05, 4.69) is 36.1 Å². The van der Waals surface area contributed by atoms with Crippen molar-refractivity contribution >= 4 is 11.9 Å². The average Bonchev–Trinajstić information content (AvgIpc) is 2.75. The van der Waals surface area contributed by atoms with Gasteiger partial charge in [0.25, 0.3) is 0 Å². The zero-order chi connectivity index (χ0) is 13.6. The summed E-state index contributed by atoms with van der Waals surface area (Å²) in [5.74, 6) is 0.965. The van der Waals surface area contributed by atoms with Crippen molar-refractivity contribution in [2.75, 3.05) is 11.9 Å². The summed E-state index contributed by atoms with van der Waals surface area (Å²) in [6.07, 6.45) is 5.61. The van der Waals surface area contributed by atoms with Gasteiger partial charge in [-0.2, -0.15) is 0 Å². The molecule has 5 nitrogen and oxygen atoms in total. The molecule has 5 heteroatoms. The number of nitrogens with one attached hydrogen (secondary N) is 2. The Morgan fingerprint density at radius 1 is 1.50 bits per heavy atom. The highest BCUT2D eigenvalue weighted by molar-refractivity contribution is 5.88. The maximum atomic E-state index is 11.7. The smallest absolute Gasteiger partial charge is 0.226 e. The van der Waals surface area contributed by atoms with Crippen molar-refractivity contribution in [2.45, 2.75) is 40.0 Å². The second-order valence-corrected chi connectivity index (χ2v) is 5.66. The zero-order valence-corrected chi connectivity index (χ0v) is 11.5. The lowest BCUT2D eigenvalue weighted by Gasteiger charge is -2.30. The van der Waals surface area contributed by atoms with Gasteiger partial charge >= 0.3 is 0 Å². The number of rotatable bonds is 6. The second kappa shape index (κ2) is 6.54. The Morgan fingerprint density at radius 3 is 2.72 bits per heavy atom. The first-order chi connectivity index (χ1) is 8.43. The number of aromatic amines is 1. The number of H-pyrrole nitrogens is 1. The van der Waals surface area contributed by atoms with Gasteiger partial charge in [0.1, 0.15) is 0 Å². The highest BCUT2D eigenvalue weighted by atomic mass is 16.1. The van der Waals surface area contributed by atoms with Crippen molar-refractivity contribution < 1.29 is 4.79 Å². The van der Waals surface area contributed by atoms with Crippen LogP contribution in [-0.2, 0) is 4.79 Å². The molecule has 102 valence electrons. The molecule has 0 aliphatic carbocycles. The van der Waals surface area contributed by atoms with Crippen LogP contribution in [0.4, 0.5) is 5.95 Å². The number of imidazole rings is 1. The molecule has 4 N–H and O–H groups in total. The van der Waals surface area contributed by atoms with Gasteiger partial charge < -0.3 is 10.7 Å². The van der Waals surface area contributed by atoms with E-state index in [9.17, 15) is 4.79 Å². The monoisotopic (exact) mass is 252 g/mol. The fourth-order valence-corrected chi connectivity index (χ4v) is 2.05. The van der Waals surface area contributed by atoms with Crippen molar-refractivity contribution in [1.29, 1.82) is 0 Å². The number of nitrogens with two attached hydrogens (primary N) is 1. The van der Waals surface area contributed by atoms with Crippen molar-refractivity contribution in [1.82, 2.24) is 9.97 Å². The maximum absolute atomic E-state index is 11.7. The van der Waals surface area contributed by atoms with E-state index < -0.39 is 0 Å². The third kappa shape index (κ3) is 4.87. The minimum Gasteiger partial charge on any atom is -0.331 e. The molecule has 1 atom stereocenters. The van der Waals surface area contributed by atoms with Gasteiger partial charge in [-0.25, -0.2) is 4.98 Å². The molecule has 0 aliphatic rings. The van der Waals surface area contributed by atoms with Crippen LogP contribution in [0, 0.1) is 11.3 Å². The molecule has 18 heavy (non-hydrogen) atoms. The van der Waals surface area contributed by atoms with Crippen molar-refractivity contribution in [3.63, 3.8) is 0 Å². The van der Waals surface area contributed by atoms with Crippen molar-refractivity contribution in [2.24, 2.45) is 17.1 Å². The van der Waals surface area contributed by atoms with Gasteiger partial charge in [0.15, 0.2) is 0 Å². The van der Waals surface area contributed by atoms with Crippen LogP contribution in [0.5, 0.6) is 0 Å². The molecule has 0 saturated heterocycles. The Balaban J connectivity index is 2.40. The summed E-state index contributed by atoms with van der Waals surface area (Å²) in [6, 6.07) is 0. The topological polar surface area (TPSA) is 83.8 Å². The minimum atomic E-state index is -0.00350. The van der Waals surface area contributed by atoms with Gasteiger partial charge in [-0.3, -0.25) is 10.1 Å². The lowest BCUT2D eigenvalue weighted by atomic mass is 9.76. The number of anilines is 1. The number of hydrogen-bond donors (Lipinski definition) is 3. The first kappa shape index (κ1) is 14.7. The molecule has 1 amide bonds. The van der Waals surface area contributed by atoms with E-state index in [0.717, 1.165) is 12.8 Å². The van der Waals surface area contributed by atoms with Gasteiger partial charge in [0.2, 0.25) is 11.9 Å². The average molecular weight is 252 g/mol. The molecule has 1 aromatic rings. The van der Waals surface area contributed by atoms with Crippen LogP contribution in [0.15, 0.2) is 12.4 Å². The summed E-state index contributed by atoms with van der Waals surface area (Å²) in [7, 11) is 0. The minimum absolute atomic E-state index is 0.00350. The molecule has 1 rings (SSSR count). The van der Waals surface area contributed by atoms with Crippen molar-refractivity contribution in [3.8, 4) is 0 Å². The van der Waals surface area contributed by atoms with Gasteiger partial charge in [-0.05, 0) is 30.7 Å². The Hall–Kier alpha value is -1.36. The first-order valence-electron chi connectivity index (χ1n) is 6.42. The molecule has 0 aliphatic heterocycles. The van der Waals surface area contributed by atoms with Crippen LogP contribution in [0.25, 0.3) is 0 Å². The predicted molar refractivity (Wildman–Crippen MR) is 73.1 cm³/mol. The van der Waals surface area contributed by atoms with Gasteiger partial charge in [-0.1, -0.05) is 20.8 Å². The molecule has 0 bridgehead atoms. The van der Waals surface area contributed by atoms with E-state index in [-0.39, 0.29) is 11.3 Å². The van der Waals surface area contributed by atoms with Gasteiger partial charge in [-0.15, -0.1) is 0 Å². The van der Waals surface area contributed by atoms with Crippen LogP contribution < -0.4 is 11.1 Å². The molecule has 1 aromatic heterocycles. The summed E-state index contributed by atoms with van der Waals surface area (Å²) < 4.78 is 0. The maximum Gasteiger partial charge on any atom is 0.226 e. The summed E-state index contributed by atoms with van der Waals surface area (Å²) in [6.45, 7) is 7.25. The molecular formula is C13H24N4O. The third-order valence-electron chi connectivity index (χ3n) is 3.22. The number of amides is 1.